The molecule has 168 valence electrons. The van der Waals surface area contributed by atoms with E-state index < -0.39 is 23.9 Å². The molecule has 0 fully saturated rings. The van der Waals surface area contributed by atoms with E-state index in [-0.39, 0.29) is 18.9 Å². The number of hydrogen-bond donors (Lipinski definition) is 2. The quantitative estimate of drug-likeness (QED) is 0.568. The Bertz CT molecular complexity index is 1140. The van der Waals surface area contributed by atoms with Gasteiger partial charge in [-0.05, 0) is 42.8 Å². The summed E-state index contributed by atoms with van der Waals surface area (Å²) in [6.07, 6.45) is -0.616. The molecule has 1 aliphatic rings. The minimum atomic E-state index is -1.52. The van der Waals surface area contributed by atoms with Gasteiger partial charge in [0.15, 0.2) is 6.04 Å². The zero-order chi connectivity index (χ0) is 23.2. The highest BCUT2D eigenvalue weighted by Gasteiger charge is 2.42. The molecule has 0 saturated carbocycles. The molecule has 0 aromatic heterocycles. The second-order valence-corrected chi connectivity index (χ2v) is 7.34. The maximum absolute atomic E-state index is 13.7. The van der Waals surface area contributed by atoms with Crippen LogP contribution in [-0.2, 0) is 9.59 Å². The first-order valence-corrected chi connectivity index (χ1v) is 10.5. The number of anilines is 3. The Morgan fingerprint density at radius 1 is 0.848 bits per heavy atom. The third kappa shape index (κ3) is 4.70. The van der Waals surface area contributed by atoms with Gasteiger partial charge in [0, 0.05) is 18.8 Å². The Kier molecular flexibility index (Phi) is 6.66. The van der Waals surface area contributed by atoms with Crippen LogP contribution in [0.5, 0.6) is 5.75 Å². The standard InChI is InChI=1S/C25H23N3O5/c29-17-9-16-27-20-14-7-8-15-21(20)28(18-10-3-1-4-11-18)24(31)22(23(27)30)26-25(32)33-19-12-5-2-6-13-19/h1-8,10-15,22,29H,9,16-17H2,(H,26,32). The van der Waals surface area contributed by atoms with Gasteiger partial charge in [0.05, 0.1) is 11.4 Å². The van der Waals surface area contributed by atoms with Gasteiger partial charge in [-0.15, -0.1) is 0 Å². The predicted molar refractivity (Wildman–Crippen MR) is 123 cm³/mol. The molecule has 4 rings (SSSR count). The molecule has 8 nitrogen and oxygen atoms in total. The Morgan fingerprint density at radius 2 is 1.45 bits per heavy atom. The van der Waals surface area contributed by atoms with Crippen LogP contribution in [0.1, 0.15) is 6.42 Å². The number of amides is 3. The van der Waals surface area contributed by atoms with Gasteiger partial charge >= 0.3 is 6.09 Å². The van der Waals surface area contributed by atoms with Crippen molar-refractivity contribution in [3.05, 3.63) is 84.9 Å². The van der Waals surface area contributed by atoms with Crippen LogP contribution in [0.15, 0.2) is 84.9 Å². The number of benzene rings is 3. The summed E-state index contributed by atoms with van der Waals surface area (Å²) >= 11 is 0. The molecule has 0 saturated heterocycles. The molecule has 1 unspecified atom stereocenters. The van der Waals surface area contributed by atoms with Gasteiger partial charge in [-0.3, -0.25) is 14.5 Å². The Balaban J connectivity index is 1.74. The van der Waals surface area contributed by atoms with Crippen LogP contribution in [0.25, 0.3) is 0 Å². The predicted octanol–water partition coefficient (Wildman–Crippen LogP) is 3.24. The maximum atomic E-state index is 13.7. The second-order valence-electron chi connectivity index (χ2n) is 7.34. The number of carbonyl (C=O) groups is 3. The van der Waals surface area contributed by atoms with Crippen LogP contribution < -0.4 is 19.9 Å². The number of aliphatic hydroxyl groups excluding tert-OH is 1. The largest absolute Gasteiger partial charge is 0.413 e. The first-order valence-electron chi connectivity index (χ1n) is 10.5. The highest BCUT2D eigenvalue weighted by atomic mass is 16.6. The molecule has 3 aromatic carbocycles. The number of fused-ring (bicyclic) bond motifs is 1. The molecule has 1 aliphatic heterocycles. The van der Waals surface area contributed by atoms with E-state index in [4.69, 9.17) is 4.74 Å². The number of ether oxygens (including phenoxy) is 1. The Hall–Kier alpha value is -4.17. The summed E-state index contributed by atoms with van der Waals surface area (Å²) in [5, 5.41) is 11.8. The molecule has 0 bridgehead atoms. The van der Waals surface area contributed by atoms with Crippen molar-refractivity contribution in [3.63, 3.8) is 0 Å². The Labute approximate surface area is 191 Å². The summed E-state index contributed by atoms with van der Waals surface area (Å²) in [7, 11) is 0. The highest BCUT2D eigenvalue weighted by Crippen LogP contribution is 2.37. The third-order valence-electron chi connectivity index (χ3n) is 5.16. The van der Waals surface area contributed by atoms with Crippen molar-refractivity contribution in [1.29, 1.82) is 0 Å². The van der Waals surface area contributed by atoms with Gasteiger partial charge in [0.2, 0.25) is 0 Å². The van der Waals surface area contributed by atoms with Crippen molar-refractivity contribution in [2.75, 3.05) is 23.0 Å². The fraction of sp³-hybridized carbons (Fsp3) is 0.160. The molecule has 0 radical (unpaired) electrons. The lowest BCUT2D eigenvalue weighted by molar-refractivity contribution is -0.128. The average molecular weight is 445 g/mol. The molecule has 1 atom stereocenters. The lowest BCUT2D eigenvalue weighted by atomic mass is 10.2. The molecule has 33 heavy (non-hydrogen) atoms. The summed E-state index contributed by atoms with van der Waals surface area (Å²) < 4.78 is 5.26. The number of carbonyl (C=O) groups excluding carboxylic acids is 3. The minimum absolute atomic E-state index is 0.129. The van der Waals surface area contributed by atoms with Crippen molar-refractivity contribution in [2.24, 2.45) is 0 Å². The van der Waals surface area contributed by atoms with E-state index in [0.717, 1.165) is 0 Å². The number of nitrogens with one attached hydrogen (secondary N) is 1. The van der Waals surface area contributed by atoms with Crippen molar-refractivity contribution in [3.8, 4) is 5.75 Å². The van der Waals surface area contributed by atoms with Crippen molar-refractivity contribution in [2.45, 2.75) is 12.5 Å². The number of nitrogens with zero attached hydrogens (tertiary/aromatic N) is 2. The van der Waals surface area contributed by atoms with Gasteiger partial charge < -0.3 is 20.1 Å². The first-order chi connectivity index (χ1) is 16.1. The molecule has 3 aromatic rings. The molecular weight excluding hydrogens is 422 g/mol. The second kappa shape index (κ2) is 9.97. The van der Waals surface area contributed by atoms with E-state index in [2.05, 4.69) is 5.32 Å². The topological polar surface area (TPSA) is 99.2 Å². The number of rotatable bonds is 6. The van der Waals surface area contributed by atoms with Gasteiger partial charge in [0.25, 0.3) is 11.8 Å². The molecule has 0 aliphatic carbocycles. The van der Waals surface area contributed by atoms with Crippen LogP contribution in [0, 0.1) is 0 Å². The molecule has 1 heterocycles. The monoisotopic (exact) mass is 445 g/mol. The van der Waals surface area contributed by atoms with Crippen LogP contribution >= 0.6 is 0 Å². The lowest BCUT2D eigenvalue weighted by Gasteiger charge is -2.25. The van der Waals surface area contributed by atoms with E-state index in [1.165, 1.54) is 9.80 Å². The van der Waals surface area contributed by atoms with Gasteiger partial charge in [0.1, 0.15) is 5.75 Å². The fourth-order valence-electron chi connectivity index (χ4n) is 3.68. The first kappa shape index (κ1) is 22.0. The molecule has 2 N–H and O–H groups in total. The lowest BCUT2D eigenvalue weighted by Crippen LogP contribution is -2.55. The van der Waals surface area contributed by atoms with Crippen LogP contribution in [0.3, 0.4) is 0 Å². The van der Waals surface area contributed by atoms with Crippen molar-refractivity contribution in [1.82, 2.24) is 5.32 Å². The van der Waals surface area contributed by atoms with Gasteiger partial charge in [-0.1, -0.05) is 48.5 Å². The van der Waals surface area contributed by atoms with Crippen molar-refractivity contribution < 1.29 is 24.2 Å². The summed E-state index contributed by atoms with van der Waals surface area (Å²) in [5.74, 6) is -0.941. The summed E-state index contributed by atoms with van der Waals surface area (Å²) in [4.78, 5) is 42.6. The Morgan fingerprint density at radius 3 is 2.12 bits per heavy atom. The van der Waals surface area contributed by atoms with E-state index in [1.807, 2.05) is 6.07 Å². The summed E-state index contributed by atoms with van der Waals surface area (Å²) in [6.45, 7) is 0.0462. The zero-order valence-electron chi connectivity index (χ0n) is 17.8. The minimum Gasteiger partial charge on any atom is -0.410 e. The van der Waals surface area contributed by atoms with E-state index in [1.54, 1.807) is 78.9 Å². The molecular formula is C25H23N3O5. The van der Waals surface area contributed by atoms with Gasteiger partial charge in [-0.2, -0.15) is 0 Å². The third-order valence-corrected chi connectivity index (χ3v) is 5.16. The number of hydrogen-bond acceptors (Lipinski definition) is 5. The zero-order valence-corrected chi connectivity index (χ0v) is 17.8. The number of aliphatic hydroxyl groups is 1. The maximum Gasteiger partial charge on any atom is 0.413 e. The van der Waals surface area contributed by atoms with E-state index in [9.17, 15) is 19.5 Å². The van der Waals surface area contributed by atoms with Crippen LogP contribution in [-0.4, -0.2) is 42.2 Å². The molecule has 0 spiro atoms. The highest BCUT2D eigenvalue weighted by molar-refractivity contribution is 6.23. The average Bonchev–Trinajstić information content (AvgIpc) is 2.92. The number of para-hydroxylation sites is 4. The van der Waals surface area contributed by atoms with Crippen molar-refractivity contribution >= 4 is 35.0 Å². The normalized spacial score (nSPS) is 15.6. The summed E-state index contributed by atoms with van der Waals surface area (Å²) in [5.41, 5.74) is 1.56. The summed E-state index contributed by atoms with van der Waals surface area (Å²) in [6, 6.07) is 22.8. The molecule has 8 heteroatoms. The SMILES string of the molecule is O=C(NC1C(=O)N(CCCO)c2ccccc2N(c2ccccc2)C1=O)Oc1ccccc1. The smallest absolute Gasteiger partial charge is 0.410 e. The fourth-order valence-corrected chi connectivity index (χ4v) is 3.68. The van der Waals surface area contributed by atoms with E-state index in [0.29, 0.717) is 23.5 Å². The van der Waals surface area contributed by atoms with Gasteiger partial charge in [-0.25, -0.2) is 4.79 Å². The van der Waals surface area contributed by atoms with Crippen LogP contribution in [0.4, 0.5) is 21.9 Å². The van der Waals surface area contributed by atoms with Crippen LogP contribution in [0.2, 0.25) is 0 Å². The molecule has 3 amide bonds. The van der Waals surface area contributed by atoms with E-state index >= 15 is 0 Å².